The van der Waals surface area contributed by atoms with Gasteiger partial charge in [0, 0.05) is 11.8 Å². The fraction of sp³-hybridized carbons (Fsp3) is 1.00. The number of rotatable bonds is 6. The number of unbranched alkanes of at least 4 members (excludes halogenated alkanes) is 3. The molecule has 3 heteroatoms. The fourth-order valence-electron chi connectivity index (χ4n) is 3.21. The van der Waals surface area contributed by atoms with Crippen LogP contribution in [0.5, 0.6) is 0 Å². The Balaban J connectivity index is 1.59. The van der Waals surface area contributed by atoms with Gasteiger partial charge in [0.2, 0.25) is 0 Å². The van der Waals surface area contributed by atoms with Crippen LogP contribution in [-0.2, 0) is 9.47 Å². The van der Waals surface area contributed by atoms with Gasteiger partial charge in [0.25, 0.3) is 0 Å². The second-order valence-electron chi connectivity index (χ2n) is 6.26. The van der Waals surface area contributed by atoms with E-state index >= 15 is 0 Å². The lowest BCUT2D eigenvalue weighted by atomic mass is 9.87. The molecule has 0 radical (unpaired) electrons. The third-order valence-corrected chi connectivity index (χ3v) is 4.54. The van der Waals surface area contributed by atoms with E-state index in [1.807, 2.05) is 0 Å². The maximum Gasteiger partial charge on any atom is 0.160 e. The van der Waals surface area contributed by atoms with Gasteiger partial charge >= 0.3 is 0 Å². The van der Waals surface area contributed by atoms with Crippen molar-refractivity contribution in [2.24, 2.45) is 11.8 Å². The second-order valence-corrected chi connectivity index (χ2v) is 6.26. The van der Waals surface area contributed by atoms with Crippen LogP contribution in [-0.4, -0.2) is 25.7 Å². The smallest absolute Gasteiger partial charge is 0.160 e. The minimum Gasteiger partial charge on any atom is -0.352 e. The summed E-state index contributed by atoms with van der Waals surface area (Å²) in [7, 11) is 0. The predicted molar refractivity (Wildman–Crippen MR) is 74.8 cm³/mol. The van der Waals surface area contributed by atoms with Crippen molar-refractivity contribution in [3.05, 3.63) is 0 Å². The molecule has 19 heavy (non-hydrogen) atoms. The van der Waals surface area contributed by atoms with Crippen LogP contribution in [0.1, 0.15) is 64.7 Å². The topological polar surface area (TPSA) is 18.5 Å². The molecule has 0 bridgehead atoms. The monoisotopic (exact) mass is 272 g/mol. The Morgan fingerprint density at radius 2 is 1.63 bits per heavy atom. The van der Waals surface area contributed by atoms with Crippen LogP contribution in [0.4, 0.5) is 4.39 Å². The first-order chi connectivity index (χ1) is 9.29. The molecule has 0 aromatic rings. The van der Waals surface area contributed by atoms with Crippen LogP contribution in [0.3, 0.4) is 0 Å². The minimum atomic E-state index is -0.592. The minimum absolute atomic E-state index is 0.0561. The van der Waals surface area contributed by atoms with Crippen LogP contribution in [0.25, 0.3) is 0 Å². The summed E-state index contributed by atoms with van der Waals surface area (Å²) >= 11 is 0. The molecule has 0 spiro atoms. The van der Waals surface area contributed by atoms with Crippen molar-refractivity contribution in [2.75, 3.05) is 13.2 Å². The Morgan fingerprint density at radius 1 is 0.947 bits per heavy atom. The highest BCUT2D eigenvalue weighted by molar-refractivity contribution is 4.76. The highest BCUT2D eigenvalue weighted by Gasteiger charge is 2.32. The van der Waals surface area contributed by atoms with Gasteiger partial charge in [-0.1, -0.05) is 32.6 Å². The van der Waals surface area contributed by atoms with E-state index in [1.165, 1.54) is 32.1 Å². The van der Waals surface area contributed by atoms with Gasteiger partial charge < -0.3 is 9.47 Å². The molecule has 2 nitrogen and oxygen atoms in total. The highest BCUT2D eigenvalue weighted by atomic mass is 19.1. The Hall–Kier alpha value is -0.150. The molecule has 0 atom stereocenters. The first-order valence-electron chi connectivity index (χ1n) is 8.17. The van der Waals surface area contributed by atoms with Gasteiger partial charge in [-0.3, -0.25) is 0 Å². The summed E-state index contributed by atoms with van der Waals surface area (Å²) in [6.07, 6.45) is 9.05. The number of hydrogen-bond acceptors (Lipinski definition) is 2. The number of halogens is 1. The van der Waals surface area contributed by atoms with Crippen LogP contribution in [0.15, 0.2) is 0 Å². The largest absolute Gasteiger partial charge is 0.352 e. The van der Waals surface area contributed by atoms with E-state index in [9.17, 15) is 4.39 Å². The van der Waals surface area contributed by atoms with Crippen LogP contribution >= 0.6 is 0 Å². The number of hydrogen-bond donors (Lipinski definition) is 0. The molecule has 0 amide bonds. The molecular weight excluding hydrogens is 243 g/mol. The van der Waals surface area contributed by atoms with Gasteiger partial charge in [-0.2, -0.15) is 0 Å². The first-order valence-corrected chi connectivity index (χ1v) is 8.17. The summed E-state index contributed by atoms with van der Waals surface area (Å²) in [5.41, 5.74) is 0. The molecule has 1 saturated heterocycles. The van der Waals surface area contributed by atoms with E-state index in [4.69, 9.17) is 9.47 Å². The van der Waals surface area contributed by atoms with Crippen molar-refractivity contribution in [1.29, 1.82) is 0 Å². The van der Waals surface area contributed by atoms with Crippen molar-refractivity contribution in [2.45, 2.75) is 77.2 Å². The van der Waals surface area contributed by atoms with Crippen molar-refractivity contribution < 1.29 is 13.9 Å². The first kappa shape index (κ1) is 15.2. The molecule has 0 aromatic carbocycles. The SMILES string of the molecule is CCCCCC[C@H]1CO[C@H](C2CCC(F)CC2)OC1. The summed E-state index contributed by atoms with van der Waals surface area (Å²) in [6.45, 7) is 3.92. The summed E-state index contributed by atoms with van der Waals surface area (Å²) in [5, 5.41) is 0. The molecule has 1 saturated carbocycles. The normalized spacial score (nSPS) is 36.3. The Kier molecular flexibility index (Phi) is 6.58. The van der Waals surface area contributed by atoms with E-state index in [2.05, 4.69) is 6.92 Å². The molecule has 112 valence electrons. The lowest BCUT2D eigenvalue weighted by molar-refractivity contribution is -0.230. The molecule has 1 aliphatic carbocycles. The summed E-state index contributed by atoms with van der Waals surface area (Å²) in [4.78, 5) is 0. The molecule has 2 fully saturated rings. The standard InChI is InChI=1S/C16H29FO2/c1-2-3-4-5-6-13-11-18-16(19-12-13)14-7-9-15(17)10-8-14/h13-16H,2-12H2,1H3/t13-,14?,15?,16-. The quantitative estimate of drug-likeness (QED) is 0.664. The summed E-state index contributed by atoms with van der Waals surface area (Å²) < 4.78 is 24.9. The summed E-state index contributed by atoms with van der Waals surface area (Å²) in [6, 6.07) is 0. The average Bonchev–Trinajstić information content (AvgIpc) is 2.45. The Morgan fingerprint density at radius 3 is 2.26 bits per heavy atom. The molecule has 0 aromatic heterocycles. The fourth-order valence-corrected chi connectivity index (χ4v) is 3.21. The van der Waals surface area contributed by atoms with Crippen LogP contribution < -0.4 is 0 Å². The van der Waals surface area contributed by atoms with Crippen LogP contribution in [0.2, 0.25) is 0 Å². The zero-order valence-electron chi connectivity index (χ0n) is 12.3. The molecular formula is C16H29FO2. The lowest BCUT2D eigenvalue weighted by Crippen LogP contribution is -2.38. The molecule has 0 N–H and O–H groups in total. The lowest BCUT2D eigenvalue weighted by Gasteiger charge is -2.36. The van der Waals surface area contributed by atoms with E-state index in [0.29, 0.717) is 24.7 Å². The predicted octanol–water partition coefficient (Wildman–Crippen LogP) is 4.47. The molecule has 2 aliphatic rings. The van der Waals surface area contributed by atoms with Gasteiger partial charge in [0.15, 0.2) is 6.29 Å². The van der Waals surface area contributed by atoms with Crippen molar-refractivity contribution >= 4 is 0 Å². The van der Waals surface area contributed by atoms with Gasteiger partial charge in [0.05, 0.1) is 13.2 Å². The van der Waals surface area contributed by atoms with Crippen molar-refractivity contribution in [1.82, 2.24) is 0 Å². The molecule has 2 rings (SSSR count). The van der Waals surface area contributed by atoms with E-state index in [1.54, 1.807) is 0 Å². The number of alkyl halides is 1. The molecule has 0 unspecified atom stereocenters. The molecule has 1 aliphatic heterocycles. The van der Waals surface area contributed by atoms with Gasteiger partial charge in [-0.05, 0) is 32.1 Å². The molecule has 1 heterocycles. The zero-order valence-corrected chi connectivity index (χ0v) is 12.3. The van der Waals surface area contributed by atoms with Gasteiger partial charge in [-0.25, -0.2) is 4.39 Å². The van der Waals surface area contributed by atoms with Crippen molar-refractivity contribution in [3.8, 4) is 0 Å². The maximum atomic E-state index is 13.1. The van der Waals surface area contributed by atoms with Gasteiger partial charge in [-0.15, -0.1) is 0 Å². The van der Waals surface area contributed by atoms with E-state index in [-0.39, 0.29) is 6.29 Å². The van der Waals surface area contributed by atoms with E-state index < -0.39 is 6.17 Å². The zero-order chi connectivity index (χ0) is 13.5. The number of ether oxygens (including phenoxy) is 2. The average molecular weight is 272 g/mol. The van der Waals surface area contributed by atoms with Crippen molar-refractivity contribution in [3.63, 3.8) is 0 Å². The second kappa shape index (κ2) is 8.21. The third kappa shape index (κ3) is 5.03. The summed E-state index contributed by atoms with van der Waals surface area (Å²) in [5.74, 6) is 0.999. The van der Waals surface area contributed by atoms with E-state index in [0.717, 1.165) is 26.1 Å². The third-order valence-electron chi connectivity index (χ3n) is 4.54. The van der Waals surface area contributed by atoms with Crippen LogP contribution in [0, 0.1) is 11.8 Å². The Bertz CT molecular complexity index is 231. The highest BCUT2D eigenvalue weighted by Crippen LogP contribution is 2.32. The Labute approximate surface area is 117 Å². The maximum absolute atomic E-state index is 13.1. The van der Waals surface area contributed by atoms with Gasteiger partial charge in [0.1, 0.15) is 6.17 Å².